The van der Waals surface area contributed by atoms with E-state index in [9.17, 15) is 18.4 Å². The quantitative estimate of drug-likeness (QED) is 0.214. The van der Waals surface area contributed by atoms with E-state index in [1.807, 2.05) is 18.2 Å². The summed E-state index contributed by atoms with van der Waals surface area (Å²) in [7, 11) is 1.59. The molecule has 1 amide bonds. The zero-order chi connectivity index (χ0) is 26.9. The largest absolute Gasteiger partial charge is 0.496 e. The average Bonchev–Trinajstić information content (AvgIpc) is 3.33. The SMILES string of the molecule is CCCOCCCc1cccc(-c2csc(NC(=O)c3cc(F)c(C=C(C)C(=O)O)c(F)c3)n2)c1OC. The highest BCUT2D eigenvalue weighted by Crippen LogP contribution is 2.35. The maximum absolute atomic E-state index is 14.4. The molecule has 3 aromatic rings. The third-order valence-corrected chi connectivity index (χ3v) is 6.18. The molecule has 0 spiro atoms. The number of anilines is 1. The van der Waals surface area contributed by atoms with Crippen molar-refractivity contribution >= 4 is 34.4 Å². The summed E-state index contributed by atoms with van der Waals surface area (Å²) in [5, 5.41) is 13.5. The zero-order valence-electron chi connectivity index (χ0n) is 20.8. The molecular weight excluding hydrogens is 502 g/mol. The summed E-state index contributed by atoms with van der Waals surface area (Å²) in [5.41, 5.74) is 1.32. The number of carboxylic acid groups (broad SMARTS) is 1. The Morgan fingerprint density at radius 1 is 1.19 bits per heavy atom. The molecule has 0 saturated carbocycles. The lowest BCUT2D eigenvalue weighted by atomic mass is 10.0. The fourth-order valence-electron chi connectivity index (χ4n) is 3.59. The fraction of sp³-hybridized carbons (Fsp3) is 0.296. The smallest absolute Gasteiger partial charge is 0.331 e. The highest BCUT2D eigenvalue weighted by atomic mass is 32.1. The van der Waals surface area contributed by atoms with Gasteiger partial charge in [0.25, 0.3) is 5.91 Å². The molecule has 0 aliphatic carbocycles. The molecule has 1 aromatic heterocycles. The van der Waals surface area contributed by atoms with Crippen LogP contribution in [-0.4, -0.2) is 42.3 Å². The van der Waals surface area contributed by atoms with Gasteiger partial charge in [-0.25, -0.2) is 18.6 Å². The molecule has 0 radical (unpaired) electrons. The molecule has 2 aromatic carbocycles. The van der Waals surface area contributed by atoms with Crippen LogP contribution in [0.5, 0.6) is 5.75 Å². The van der Waals surface area contributed by atoms with Gasteiger partial charge in [-0.05, 0) is 56.0 Å². The molecule has 1 heterocycles. The Bertz CT molecular complexity index is 1280. The van der Waals surface area contributed by atoms with E-state index in [4.69, 9.17) is 14.6 Å². The number of aryl methyl sites for hydroxylation is 1. The van der Waals surface area contributed by atoms with Crippen molar-refractivity contribution in [2.75, 3.05) is 25.6 Å². The van der Waals surface area contributed by atoms with Crippen molar-refractivity contribution in [2.45, 2.75) is 33.1 Å². The monoisotopic (exact) mass is 530 g/mol. The number of amides is 1. The minimum atomic E-state index is -1.30. The summed E-state index contributed by atoms with van der Waals surface area (Å²) in [4.78, 5) is 28.1. The van der Waals surface area contributed by atoms with Crippen molar-refractivity contribution in [1.29, 1.82) is 0 Å². The number of methoxy groups -OCH3 is 1. The minimum Gasteiger partial charge on any atom is -0.496 e. The first-order valence-electron chi connectivity index (χ1n) is 11.7. The summed E-state index contributed by atoms with van der Waals surface area (Å²) in [6, 6.07) is 7.46. The Kier molecular flexibility index (Phi) is 9.87. The van der Waals surface area contributed by atoms with Crippen molar-refractivity contribution in [1.82, 2.24) is 4.98 Å². The van der Waals surface area contributed by atoms with Crippen LogP contribution < -0.4 is 10.1 Å². The molecule has 10 heteroatoms. The van der Waals surface area contributed by atoms with Gasteiger partial charge in [0.05, 0.1) is 12.8 Å². The summed E-state index contributed by atoms with van der Waals surface area (Å²) >= 11 is 1.16. The number of para-hydroxylation sites is 1. The van der Waals surface area contributed by atoms with E-state index in [1.165, 1.54) is 6.92 Å². The van der Waals surface area contributed by atoms with Crippen LogP contribution >= 0.6 is 11.3 Å². The number of benzene rings is 2. The molecule has 7 nitrogen and oxygen atoms in total. The lowest BCUT2D eigenvalue weighted by Gasteiger charge is -2.12. The van der Waals surface area contributed by atoms with E-state index in [2.05, 4.69) is 17.2 Å². The molecule has 0 fully saturated rings. The van der Waals surface area contributed by atoms with Crippen molar-refractivity contribution in [3.63, 3.8) is 0 Å². The molecule has 3 rings (SSSR count). The highest BCUT2D eigenvalue weighted by molar-refractivity contribution is 7.14. The van der Waals surface area contributed by atoms with Gasteiger partial charge in [0.1, 0.15) is 17.4 Å². The topological polar surface area (TPSA) is 97.8 Å². The predicted octanol–water partition coefficient (Wildman–Crippen LogP) is 6.20. The normalized spacial score (nSPS) is 11.4. The Morgan fingerprint density at radius 2 is 1.92 bits per heavy atom. The van der Waals surface area contributed by atoms with Gasteiger partial charge in [0.15, 0.2) is 5.13 Å². The first-order valence-corrected chi connectivity index (χ1v) is 12.5. The van der Waals surface area contributed by atoms with E-state index in [0.29, 0.717) is 18.1 Å². The van der Waals surface area contributed by atoms with Gasteiger partial charge < -0.3 is 14.6 Å². The third kappa shape index (κ3) is 7.21. The van der Waals surface area contributed by atoms with Crippen molar-refractivity contribution in [3.05, 3.63) is 69.6 Å². The van der Waals surface area contributed by atoms with Gasteiger partial charge in [-0.2, -0.15) is 0 Å². The molecule has 2 N–H and O–H groups in total. The molecule has 0 bridgehead atoms. The number of ether oxygens (including phenoxy) is 2. The molecule has 0 aliphatic rings. The Hall–Kier alpha value is -3.63. The van der Waals surface area contributed by atoms with Gasteiger partial charge in [0, 0.05) is 40.9 Å². The number of nitrogens with one attached hydrogen (secondary N) is 1. The lowest BCUT2D eigenvalue weighted by Crippen LogP contribution is -2.13. The number of nitrogens with zero attached hydrogens (tertiary/aromatic N) is 1. The molecule has 0 unspecified atom stereocenters. The Balaban J connectivity index is 1.76. The standard InChI is InChI=1S/C27H28F2N2O5S/c1-4-10-36-11-6-8-17-7-5-9-19(24(17)35-3)23-15-37-27(30-23)31-25(32)18-13-21(28)20(22(29)14-18)12-16(2)26(33)34/h5,7,9,12-15H,4,6,8,10-11H2,1-3H3,(H,33,34)(H,30,31,32). The zero-order valence-corrected chi connectivity index (χ0v) is 21.6. The van der Waals surface area contributed by atoms with Crippen LogP contribution in [0.3, 0.4) is 0 Å². The van der Waals surface area contributed by atoms with Crippen LogP contribution in [0.4, 0.5) is 13.9 Å². The van der Waals surface area contributed by atoms with Gasteiger partial charge in [-0.3, -0.25) is 10.1 Å². The molecule has 196 valence electrons. The summed E-state index contributed by atoms with van der Waals surface area (Å²) in [6.07, 6.45) is 3.46. The number of aliphatic carboxylic acids is 1. The van der Waals surface area contributed by atoms with Crippen molar-refractivity contribution in [2.24, 2.45) is 0 Å². The van der Waals surface area contributed by atoms with Gasteiger partial charge in [0.2, 0.25) is 0 Å². The predicted molar refractivity (Wildman–Crippen MR) is 139 cm³/mol. The Morgan fingerprint density at radius 3 is 2.57 bits per heavy atom. The highest BCUT2D eigenvalue weighted by Gasteiger charge is 2.18. The molecule has 0 atom stereocenters. The van der Waals surface area contributed by atoms with Crippen LogP contribution in [-0.2, 0) is 16.0 Å². The van der Waals surface area contributed by atoms with Crippen molar-refractivity contribution in [3.8, 4) is 17.0 Å². The molecule has 0 aliphatic heterocycles. The number of aromatic nitrogens is 1. The summed E-state index contributed by atoms with van der Waals surface area (Å²) in [6.45, 7) is 4.67. The van der Waals surface area contributed by atoms with Crippen LogP contribution in [0, 0.1) is 11.6 Å². The number of hydrogen-bond acceptors (Lipinski definition) is 6. The number of carbonyl (C=O) groups excluding carboxylic acids is 1. The van der Waals surface area contributed by atoms with E-state index in [1.54, 1.807) is 12.5 Å². The van der Waals surface area contributed by atoms with Crippen LogP contribution in [0.15, 0.2) is 41.3 Å². The number of carboxylic acids is 1. The number of halogens is 2. The van der Waals surface area contributed by atoms with Crippen LogP contribution in [0.2, 0.25) is 0 Å². The van der Waals surface area contributed by atoms with Crippen LogP contribution in [0.25, 0.3) is 17.3 Å². The van der Waals surface area contributed by atoms with E-state index in [0.717, 1.165) is 66.5 Å². The first kappa shape index (κ1) is 27.9. The van der Waals surface area contributed by atoms with E-state index in [-0.39, 0.29) is 16.3 Å². The number of hydrogen-bond donors (Lipinski definition) is 2. The molecular formula is C27H28F2N2O5S. The number of rotatable bonds is 12. The molecule has 37 heavy (non-hydrogen) atoms. The van der Waals surface area contributed by atoms with Crippen molar-refractivity contribution < 1.29 is 33.0 Å². The fourth-order valence-corrected chi connectivity index (χ4v) is 4.30. The molecule has 0 saturated heterocycles. The Labute approximate surface area is 217 Å². The average molecular weight is 531 g/mol. The second-order valence-electron chi connectivity index (χ2n) is 8.19. The van der Waals surface area contributed by atoms with E-state index >= 15 is 0 Å². The minimum absolute atomic E-state index is 0.241. The lowest BCUT2D eigenvalue weighted by molar-refractivity contribution is -0.132. The maximum Gasteiger partial charge on any atom is 0.331 e. The second kappa shape index (κ2) is 13.1. The summed E-state index contributed by atoms with van der Waals surface area (Å²) < 4.78 is 40.1. The first-order chi connectivity index (χ1) is 17.7. The second-order valence-corrected chi connectivity index (χ2v) is 9.05. The number of thiazole rings is 1. The summed E-state index contributed by atoms with van der Waals surface area (Å²) in [5.74, 6) is -3.47. The third-order valence-electron chi connectivity index (χ3n) is 5.42. The van der Waals surface area contributed by atoms with E-state index < -0.39 is 29.1 Å². The van der Waals surface area contributed by atoms with Gasteiger partial charge in [-0.1, -0.05) is 19.1 Å². The number of carbonyl (C=O) groups is 2. The van der Waals surface area contributed by atoms with Gasteiger partial charge >= 0.3 is 5.97 Å². The maximum atomic E-state index is 14.4. The van der Waals surface area contributed by atoms with Gasteiger partial charge in [-0.15, -0.1) is 11.3 Å². The van der Waals surface area contributed by atoms with Crippen LogP contribution in [0.1, 0.15) is 48.2 Å².